The average molecular weight is 267 g/mol. The van der Waals surface area contributed by atoms with E-state index in [4.69, 9.17) is 16.3 Å². The Balaban J connectivity index is 2.22. The fraction of sp³-hybridized carbons (Fsp3) is 0.308. The molecule has 0 aromatic heterocycles. The van der Waals surface area contributed by atoms with Crippen LogP contribution in [0.5, 0.6) is 5.75 Å². The van der Waals surface area contributed by atoms with Crippen LogP contribution >= 0.6 is 11.6 Å². The summed E-state index contributed by atoms with van der Waals surface area (Å²) in [5, 5.41) is 5.75. The van der Waals surface area contributed by atoms with Crippen LogP contribution in [0.1, 0.15) is 6.92 Å². The molecule has 0 aliphatic rings. The third-order valence-corrected chi connectivity index (χ3v) is 2.25. The summed E-state index contributed by atoms with van der Waals surface area (Å²) in [4.78, 5) is 11.0. The van der Waals surface area contributed by atoms with E-state index in [-0.39, 0.29) is 19.2 Å². The van der Waals surface area contributed by atoms with Crippen molar-refractivity contribution in [2.45, 2.75) is 6.92 Å². The molecule has 5 heteroatoms. The normalized spacial score (nSPS) is 9.00. The number of benzene rings is 1. The molecule has 0 spiro atoms. The summed E-state index contributed by atoms with van der Waals surface area (Å²) in [5.74, 6) is 6.16. The molecule has 0 saturated carbocycles. The van der Waals surface area contributed by atoms with Crippen molar-refractivity contribution in [1.82, 2.24) is 10.6 Å². The van der Waals surface area contributed by atoms with E-state index in [2.05, 4.69) is 22.5 Å². The van der Waals surface area contributed by atoms with Gasteiger partial charge < -0.3 is 15.4 Å². The fourth-order valence-corrected chi connectivity index (χ4v) is 1.33. The minimum Gasteiger partial charge on any atom is -0.479 e. The van der Waals surface area contributed by atoms with Crippen LogP contribution in [0.2, 0.25) is 5.02 Å². The van der Waals surface area contributed by atoms with Crippen molar-refractivity contribution in [1.29, 1.82) is 0 Å². The Kier molecular flexibility index (Phi) is 6.52. The highest BCUT2D eigenvalue weighted by molar-refractivity contribution is 6.32. The molecule has 1 aromatic rings. The second-order valence-electron chi connectivity index (χ2n) is 3.29. The molecule has 96 valence electrons. The van der Waals surface area contributed by atoms with Crippen LogP contribution in [0.25, 0.3) is 0 Å². The summed E-state index contributed by atoms with van der Waals surface area (Å²) in [6.45, 7) is 2.97. The summed E-state index contributed by atoms with van der Waals surface area (Å²) < 4.78 is 5.36. The molecule has 0 saturated heterocycles. The summed E-state index contributed by atoms with van der Waals surface area (Å²) in [7, 11) is 0. The molecule has 2 N–H and O–H groups in total. The Hall–Kier alpha value is -1.86. The molecule has 0 aliphatic carbocycles. The van der Waals surface area contributed by atoms with Gasteiger partial charge in [0, 0.05) is 6.54 Å². The molecule has 0 atom stereocenters. The number of carbonyl (C=O) groups excluding carboxylic acids is 1. The van der Waals surface area contributed by atoms with Gasteiger partial charge in [0.15, 0.2) is 0 Å². The zero-order valence-electron chi connectivity index (χ0n) is 10.1. The molecule has 0 heterocycles. The van der Waals surface area contributed by atoms with E-state index >= 15 is 0 Å². The standard InChI is InChI=1S/C13H15ClN2O2/c1-2-15-13(17)16-9-5-6-10-18-12-8-4-3-7-11(12)14/h3-4,7-8H,2,9-10H2,1H3,(H2,15,16,17). The van der Waals surface area contributed by atoms with E-state index in [1.54, 1.807) is 12.1 Å². The lowest BCUT2D eigenvalue weighted by Gasteiger charge is -2.03. The third-order valence-electron chi connectivity index (χ3n) is 1.94. The topological polar surface area (TPSA) is 50.4 Å². The molecule has 18 heavy (non-hydrogen) atoms. The first kappa shape index (κ1) is 14.2. The van der Waals surface area contributed by atoms with Crippen molar-refractivity contribution in [3.8, 4) is 17.6 Å². The van der Waals surface area contributed by atoms with Gasteiger partial charge in [0.25, 0.3) is 0 Å². The van der Waals surface area contributed by atoms with Crippen LogP contribution in [-0.4, -0.2) is 25.7 Å². The first-order chi connectivity index (χ1) is 8.74. The number of ether oxygens (including phenoxy) is 1. The first-order valence-electron chi connectivity index (χ1n) is 5.58. The second-order valence-corrected chi connectivity index (χ2v) is 3.69. The van der Waals surface area contributed by atoms with Crippen LogP contribution in [0, 0.1) is 11.8 Å². The van der Waals surface area contributed by atoms with Gasteiger partial charge in [-0.3, -0.25) is 0 Å². The van der Waals surface area contributed by atoms with Gasteiger partial charge in [-0.25, -0.2) is 4.79 Å². The van der Waals surface area contributed by atoms with Crippen LogP contribution in [0.15, 0.2) is 24.3 Å². The van der Waals surface area contributed by atoms with Gasteiger partial charge in [-0.15, -0.1) is 0 Å². The van der Waals surface area contributed by atoms with Gasteiger partial charge in [0.1, 0.15) is 12.4 Å². The Morgan fingerprint density at radius 1 is 1.33 bits per heavy atom. The summed E-state index contributed by atoms with van der Waals surface area (Å²) in [6.07, 6.45) is 0. The molecule has 0 aliphatic heterocycles. The van der Waals surface area contributed by atoms with Crippen LogP contribution in [0.3, 0.4) is 0 Å². The van der Waals surface area contributed by atoms with Crippen molar-refractivity contribution < 1.29 is 9.53 Å². The number of hydrogen-bond acceptors (Lipinski definition) is 2. The maximum Gasteiger partial charge on any atom is 0.315 e. The average Bonchev–Trinajstić information content (AvgIpc) is 2.36. The number of hydrogen-bond donors (Lipinski definition) is 2. The predicted molar refractivity (Wildman–Crippen MR) is 71.8 cm³/mol. The number of urea groups is 1. The van der Waals surface area contributed by atoms with E-state index in [0.29, 0.717) is 17.3 Å². The zero-order valence-corrected chi connectivity index (χ0v) is 10.9. The summed E-state index contributed by atoms with van der Waals surface area (Å²) in [6, 6.07) is 6.97. The number of halogens is 1. The van der Waals surface area contributed by atoms with Gasteiger partial charge in [-0.1, -0.05) is 35.6 Å². The van der Waals surface area contributed by atoms with Crippen molar-refractivity contribution in [3.63, 3.8) is 0 Å². The van der Waals surface area contributed by atoms with Crippen LogP contribution in [-0.2, 0) is 0 Å². The molecule has 0 bridgehead atoms. The van der Waals surface area contributed by atoms with Crippen molar-refractivity contribution in [3.05, 3.63) is 29.3 Å². The number of amides is 2. The number of carbonyl (C=O) groups is 1. The molecule has 1 aromatic carbocycles. The van der Waals surface area contributed by atoms with Gasteiger partial charge in [0.2, 0.25) is 0 Å². The Labute approximate surface area is 112 Å². The van der Waals surface area contributed by atoms with Crippen molar-refractivity contribution in [2.24, 2.45) is 0 Å². The van der Waals surface area contributed by atoms with Gasteiger partial charge in [-0.05, 0) is 19.1 Å². The van der Waals surface area contributed by atoms with Crippen molar-refractivity contribution >= 4 is 17.6 Å². The molecule has 2 amide bonds. The Morgan fingerprint density at radius 2 is 2.11 bits per heavy atom. The molecule has 0 radical (unpaired) electrons. The smallest absolute Gasteiger partial charge is 0.315 e. The fourth-order valence-electron chi connectivity index (χ4n) is 1.14. The summed E-state index contributed by atoms with van der Waals surface area (Å²) in [5.41, 5.74) is 0. The Morgan fingerprint density at radius 3 is 2.83 bits per heavy atom. The number of rotatable bonds is 4. The van der Waals surface area contributed by atoms with Gasteiger partial charge >= 0.3 is 6.03 Å². The van der Waals surface area contributed by atoms with E-state index in [1.807, 2.05) is 19.1 Å². The lowest BCUT2D eigenvalue weighted by Crippen LogP contribution is -2.35. The molecule has 0 fully saturated rings. The van der Waals surface area contributed by atoms with Crippen LogP contribution < -0.4 is 15.4 Å². The molecular weight excluding hydrogens is 252 g/mol. The van der Waals surface area contributed by atoms with Crippen molar-refractivity contribution in [2.75, 3.05) is 19.7 Å². The minimum absolute atomic E-state index is 0.223. The number of nitrogens with one attached hydrogen (secondary N) is 2. The maximum absolute atomic E-state index is 11.0. The molecule has 4 nitrogen and oxygen atoms in total. The molecule has 1 rings (SSSR count). The van der Waals surface area contributed by atoms with Crippen LogP contribution in [0.4, 0.5) is 4.79 Å². The highest BCUT2D eigenvalue weighted by Crippen LogP contribution is 2.22. The van der Waals surface area contributed by atoms with E-state index in [1.165, 1.54) is 0 Å². The number of para-hydroxylation sites is 1. The quantitative estimate of drug-likeness (QED) is 0.820. The molecule has 0 unspecified atom stereocenters. The van der Waals surface area contributed by atoms with Gasteiger partial charge in [0.05, 0.1) is 11.6 Å². The Bertz CT molecular complexity index is 452. The largest absolute Gasteiger partial charge is 0.479 e. The predicted octanol–water partition coefficient (Wildman–Crippen LogP) is 2.04. The third kappa shape index (κ3) is 5.46. The lowest BCUT2D eigenvalue weighted by molar-refractivity contribution is 0.242. The minimum atomic E-state index is -0.223. The van der Waals surface area contributed by atoms with Gasteiger partial charge in [-0.2, -0.15) is 0 Å². The monoisotopic (exact) mass is 266 g/mol. The second kappa shape index (κ2) is 8.26. The van der Waals surface area contributed by atoms with E-state index in [0.717, 1.165) is 0 Å². The van der Waals surface area contributed by atoms with E-state index < -0.39 is 0 Å². The highest BCUT2D eigenvalue weighted by Gasteiger charge is 1.97. The maximum atomic E-state index is 11.0. The SMILES string of the molecule is CCNC(=O)NCC#CCOc1ccccc1Cl. The lowest BCUT2D eigenvalue weighted by atomic mass is 10.3. The summed E-state index contributed by atoms with van der Waals surface area (Å²) >= 11 is 5.90. The first-order valence-corrected chi connectivity index (χ1v) is 5.96. The zero-order chi connectivity index (χ0) is 13.2. The molecular formula is C13H15ClN2O2. The van der Waals surface area contributed by atoms with E-state index in [9.17, 15) is 4.79 Å². The highest BCUT2D eigenvalue weighted by atomic mass is 35.5.